The Kier molecular flexibility index (Phi) is 5.43. The summed E-state index contributed by atoms with van der Waals surface area (Å²) in [6.45, 7) is 6.07. The van der Waals surface area contributed by atoms with Gasteiger partial charge < -0.3 is 15.4 Å². The lowest BCUT2D eigenvalue weighted by Gasteiger charge is -2.27. The average molecular weight is 303 g/mol. The van der Waals surface area contributed by atoms with Crippen molar-refractivity contribution in [1.82, 2.24) is 15.5 Å². The number of rotatable bonds is 5. The van der Waals surface area contributed by atoms with Crippen LogP contribution in [-0.2, 0) is 22.6 Å². The van der Waals surface area contributed by atoms with Gasteiger partial charge in [-0.25, -0.2) is 0 Å². The van der Waals surface area contributed by atoms with Gasteiger partial charge in [0, 0.05) is 26.2 Å². The number of carbonyl (C=O) groups is 1. The first-order chi connectivity index (χ1) is 10.8. The third-order valence-corrected chi connectivity index (χ3v) is 4.45. The van der Waals surface area contributed by atoms with Gasteiger partial charge >= 0.3 is 0 Å². The maximum absolute atomic E-state index is 12.1. The molecule has 5 nitrogen and oxygen atoms in total. The molecule has 0 aliphatic carbocycles. The smallest absolute Gasteiger partial charge is 0.237 e. The van der Waals surface area contributed by atoms with Gasteiger partial charge in [0.2, 0.25) is 5.91 Å². The normalized spacial score (nSPS) is 22.6. The predicted molar refractivity (Wildman–Crippen MR) is 85.4 cm³/mol. The van der Waals surface area contributed by atoms with Crippen molar-refractivity contribution in [2.75, 3.05) is 32.8 Å². The van der Waals surface area contributed by atoms with Crippen LogP contribution in [0.15, 0.2) is 24.3 Å². The van der Waals surface area contributed by atoms with Gasteiger partial charge in [0.05, 0.1) is 19.3 Å². The largest absolute Gasteiger partial charge is 0.379 e. The standard InChI is InChI=1S/C17H25N3O2/c21-17(16-6-3-7-18-16)19-12-14-4-1-2-5-15(14)13-20-8-10-22-11-9-20/h1-2,4-5,16,18H,3,6-13H2,(H,19,21)/t16-/m0/s1. The highest BCUT2D eigenvalue weighted by Crippen LogP contribution is 2.13. The van der Waals surface area contributed by atoms with E-state index in [-0.39, 0.29) is 11.9 Å². The molecule has 0 unspecified atom stereocenters. The molecule has 1 aromatic carbocycles. The first kappa shape index (κ1) is 15.5. The topological polar surface area (TPSA) is 53.6 Å². The Balaban J connectivity index is 1.57. The zero-order valence-corrected chi connectivity index (χ0v) is 13.0. The molecule has 5 heteroatoms. The van der Waals surface area contributed by atoms with Crippen molar-refractivity contribution in [3.63, 3.8) is 0 Å². The van der Waals surface area contributed by atoms with E-state index < -0.39 is 0 Å². The number of nitrogens with zero attached hydrogens (tertiary/aromatic N) is 1. The summed E-state index contributed by atoms with van der Waals surface area (Å²) >= 11 is 0. The van der Waals surface area contributed by atoms with Gasteiger partial charge in [0.25, 0.3) is 0 Å². The first-order valence-corrected chi connectivity index (χ1v) is 8.21. The number of hydrogen-bond acceptors (Lipinski definition) is 4. The molecule has 1 aromatic rings. The minimum atomic E-state index is -0.00796. The average Bonchev–Trinajstić information content (AvgIpc) is 3.09. The van der Waals surface area contributed by atoms with Gasteiger partial charge in [-0.15, -0.1) is 0 Å². The zero-order valence-electron chi connectivity index (χ0n) is 13.0. The van der Waals surface area contributed by atoms with Crippen molar-refractivity contribution in [3.05, 3.63) is 35.4 Å². The minimum Gasteiger partial charge on any atom is -0.379 e. The van der Waals surface area contributed by atoms with E-state index in [4.69, 9.17) is 4.74 Å². The van der Waals surface area contributed by atoms with E-state index in [0.29, 0.717) is 6.54 Å². The second-order valence-corrected chi connectivity index (χ2v) is 6.02. The van der Waals surface area contributed by atoms with Crippen molar-refractivity contribution < 1.29 is 9.53 Å². The Bertz CT molecular complexity index is 494. The molecule has 0 bridgehead atoms. The van der Waals surface area contributed by atoms with Crippen LogP contribution in [0.1, 0.15) is 24.0 Å². The highest BCUT2D eigenvalue weighted by Gasteiger charge is 2.21. The van der Waals surface area contributed by atoms with Crippen LogP contribution < -0.4 is 10.6 Å². The van der Waals surface area contributed by atoms with Crippen LogP contribution in [0.2, 0.25) is 0 Å². The Morgan fingerprint density at radius 1 is 1.27 bits per heavy atom. The summed E-state index contributed by atoms with van der Waals surface area (Å²) in [4.78, 5) is 14.5. The van der Waals surface area contributed by atoms with Gasteiger partial charge in [-0.2, -0.15) is 0 Å². The first-order valence-electron chi connectivity index (χ1n) is 8.21. The van der Waals surface area contributed by atoms with E-state index in [1.54, 1.807) is 0 Å². The van der Waals surface area contributed by atoms with Crippen LogP contribution in [0.25, 0.3) is 0 Å². The number of hydrogen-bond donors (Lipinski definition) is 2. The molecule has 3 rings (SSSR count). The SMILES string of the molecule is O=C(NCc1ccccc1CN1CCOCC1)[C@@H]1CCCN1. The summed E-state index contributed by atoms with van der Waals surface area (Å²) in [5.41, 5.74) is 2.50. The maximum Gasteiger partial charge on any atom is 0.237 e. The van der Waals surface area contributed by atoms with Crippen LogP contribution in [0.5, 0.6) is 0 Å². The van der Waals surface area contributed by atoms with Crippen molar-refractivity contribution in [3.8, 4) is 0 Å². The van der Waals surface area contributed by atoms with Gasteiger partial charge in [-0.3, -0.25) is 9.69 Å². The lowest BCUT2D eigenvalue weighted by atomic mass is 10.1. The molecule has 0 radical (unpaired) electrons. The van der Waals surface area contributed by atoms with Gasteiger partial charge in [0.15, 0.2) is 0 Å². The quantitative estimate of drug-likeness (QED) is 0.848. The zero-order chi connectivity index (χ0) is 15.2. The highest BCUT2D eigenvalue weighted by molar-refractivity contribution is 5.82. The van der Waals surface area contributed by atoms with Crippen molar-refractivity contribution >= 4 is 5.91 Å². The van der Waals surface area contributed by atoms with E-state index >= 15 is 0 Å². The molecule has 2 fully saturated rings. The second-order valence-electron chi connectivity index (χ2n) is 6.02. The predicted octanol–water partition coefficient (Wildman–Crippen LogP) is 0.887. The molecule has 1 atom stereocenters. The molecule has 0 spiro atoms. The van der Waals surface area contributed by atoms with Gasteiger partial charge in [0.1, 0.15) is 0 Å². The fourth-order valence-electron chi connectivity index (χ4n) is 3.10. The molecule has 2 saturated heterocycles. The summed E-state index contributed by atoms with van der Waals surface area (Å²) in [6.07, 6.45) is 2.03. The Morgan fingerprint density at radius 3 is 2.77 bits per heavy atom. The fourth-order valence-corrected chi connectivity index (χ4v) is 3.10. The van der Waals surface area contributed by atoms with Crippen LogP contribution >= 0.6 is 0 Å². The van der Waals surface area contributed by atoms with E-state index in [1.807, 2.05) is 6.07 Å². The Morgan fingerprint density at radius 2 is 2.05 bits per heavy atom. The van der Waals surface area contributed by atoms with Gasteiger partial charge in [-0.1, -0.05) is 24.3 Å². The summed E-state index contributed by atoms with van der Waals surface area (Å²) in [5, 5.41) is 6.31. The molecule has 0 saturated carbocycles. The summed E-state index contributed by atoms with van der Waals surface area (Å²) in [6, 6.07) is 8.37. The number of morpholine rings is 1. The van der Waals surface area contributed by atoms with Crippen LogP contribution in [-0.4, -0.2) is 49.7 Å². The van der Waals surface area contributed by atoms with E-state index in [0.717, 1.165) is 52.2 Å². The molecular formula is C17H25N3O2. The molecule has 2 aliphatic heterocycles. The van der Waals surface area contributed by atoms with Crippen molar-refractivity contribution in [2.45, 2.75) is 32.0 Å². The number of carbonyl (C=O) groups excluding carboxylic acids is 1. The summed E-state index contributed by atoms with van der Waals surface area (Å²) in [5.74, 6) is 0.124. The third-order valence-electron chi connectivity index (χ3n) is 4.45. The van der Waals surface area contributed by atoms with Crippen LogP contribution in [0.3, 0.4) is 0 Å². The van der Waals surface area contributed by atoms with Crippen molar-refractivity contribution in [1.29, 1.82) is 0 Å². The molecule has 0 aromatic heterocycles. The van der Waals surface area contributed by atoms with Crippen molar-refractivity contribution in [2.24, 2.45) is 0 Å². The minimum absolute atomic E-state index is 0.00796. The third kappa shape index (κ3) is 4.06. The highest BCUT2D eigenvalue weighted by atomic mass is 16.5. The van der Waals surface area contributed by atoms with Crippen LogP contribution in [0.4, 0.5) is 0 Å². The number of amides is 1. The molecule has 2 heterocycles. The van der Waals surface area contributed by atoms with E-state index in [9.17, 15) is 4.79 Å². The lowest BCUT2D eigenvalue weighted by Crippen LogP contribution is -2.40. The summed E-state index contributed by atoms with van der Waals surface area (Å²) < 4.78 is 5.40. The van der Waals surface area contributed by atoms with Crippen LogP contribution in [0, 0.1) is 0 Å². The Hall–Kier alpha value is -1.43. The summed E-state index contributed by atoms with van der Waals surface area (Å²) in [7, 11) is 0. The van der Waals surface area contributed by atoms with Gasteiger partial charge in [-0.05, 0) is 30.5 Å². The molecule has 120 valence electrons. The molecule has 1 amide bonds. The molecule has 22 heavy (non-hydrogen) atoms. The van der Waals surface area contributed by atoms with E-state index in [2.05, 4.69) is 33.7 Å². The second kappa shape index (κ2) is 7.72. The monoisotopic (exact) mass is 303 g/mol. The number of nitrogens with one attached hydrogen (secondary N) is 2. The molecule has 2 N–H and O–H groups in total. The fraction of sp³-hybridized carbons (Fsp3) is 0.588. The Labute approximate surface area is 132 Å². The van der Waals surface area contributed by atoms with E-state index in [1.165, 1.54) is 11.1 Å². The number of ether oxygens (including phenoxy) is 1. The molecule has 2 aliphatic rings. The molecular weight excluding hydrogens is 278 g/mol. The maximum atomic E-state index is 12.1. The number of benzene rings is 1. The lowest BCUT2D eigenvalue weighted by molar-refractivity contribution is -0.122.